The fourth-order valence-electron chi connectivity index (χ4n) is 7.36. The smallest absolute Gasteiger partial charge is 0.340 e. The monoisotopic (exact) mass is 1060 g/mol. The third-order valence-electron chi connectivity index (χ3n) is 9.91. The molecule has 0 aliphatic heterocycles. The van der Waals surface area contributed by atoms with Crippen LogP contribution in [0.3, 0.4) is 0 Å². The number of aromatic nitrogens is 2. The van der Waals surface area contributed by atoms with Gasteiger partial charge in [0.15, 0.2) is 0 Å². The molecule has 0 aliphatic carbocycles. The molecule has 2 N–H and O–H groups in total. The van der Waals surface area contributed by atoms with Crippen molar-refractivity contribution in [3.63, 3.8) is 0 Å². The number of hydrogen-bond donors (Lipinski definition) is 2. The Kier molecular flexibility index (Phi) is 16.5. The first kappa shape index (κ1) is 45.7. The van der Waals surface area contributed by atoms with Crippen molar-refractivity contribution in [1.82, 2.24) is 9.13 Å². The number of phosphoric ester groups is 2. The summed E-state index contributed by atoms with van der Waals surface area (Å²) in [6.07, 6.45) is 4.81. The van der Waals surface area contributed by atoms with Crippen LogP contribution in [0.2, 0.25) is 0 Å². The van der Waals surface area contributed by atoms with Gasteiger partial charge in [0.25, 0.3) is 0 Å². The molecule has 10 nitrogen and oxygen atoms in total. The summed E-state index contributed by atoms with van der Waals surface area (Å²) in [5.74, 6) is 0. The van der Waals surface area contributed by atoms with Crippen LogP contribution >= 0.6 is 79.4 Å². The molecule has 2 heterocycles. The van der Waals surface area contributed by atoms with Crippen molar-refractivity contribution in [2.75, 3.05) is 26.4 Å². The van der Waals surface area contributed by atoms with E-state index >= 15 is 0 Å². The van der Waals surface area contributed by atoms with E-state index in [1.165, 1.54) is 32.6 Å². The molecule has 2 aromatic heterocycles. The number of nitrogens with zero attached hydrogens (tertiary/aromatic N) is 2. The van der Waals surface area contributed by atoms with E-state index in [0.29, 0.717) is 26.2 Å². The van der Waals surface area contributed by atoms with Gasteiger partial charge in [0.1, 0.15) is 0 Å². The minimum Gasteiger partial charge on any atom is -0.340 e. The summed E-state index contributed by atoms with van der Waals surface area (Å²) in [6.45, 7) is 9.70. The molecule has 0 radical (unpaired) electrons. The topological polar surface area (TPSA) is 121 Å². The van der Waals surface area contributed by atoms with E-state index < -0.39 is 15.6 Å². The van der Waals surface area contributed by atoms with Gasteiger partial charge >= 0.3 is 15.6 Å². The highest BCUT2D eigenvalue weighted by atomic mass is 79.9. The molecule has 6 aromatic rings. The second-order valence-corrected chi connectivity index (χ2v) is 19.9. The highest BCUT2D eigenvalue weighted by Gasteiger charge is 2.32. The molecule has 4 aromatic carbocycles. The summed E-state index contributed by atoms with van der Waals surface area (Å²) in [7, 11) is -7.86. The van der Waals surface area contributed by atoms with Gasteiger partial charge in [-0.05, 0) is 125 Å². The second kappa shape index (κ2) is 20.3. The van der Waals surface area contributed by atoms with Crippen LogP contribution in [0.1, 0.15) is 66.2 Å². The van der Waals surface area contributed by atoms with Crippen molar-refractivity contribution in [3.05, 3.63) is 90.7 Å². The Bertz CT molecular complexity index is 2250. The normalized spacial score (nSPS) is 12.6. The Morgan fingerprint density at radius 1 is 0.571 bits per heavy atom. The molecule has 0 amide bonds. The average molecular weight is 1070 g/mol. The van der Waals surface area contributed by atoms with Crippen molar-refractivity contribution in [3.8, 4) is 0 Å². The van der Waals surface area contributed by atoms with Crippen molar-refractivity contribution >= 4 is 123 Å². The molecule has 0 unspecified atom stereocenters. The SMILES string of the molecule is CCC(CC)(CCCOP(=O)(O)O)n1c2ccc(Br)cc2c2cc(Br)ccc21.CCOP(=O)(OCC)OCCCCn1c2ccc(Br)cc2c2cc(Br)ccc21. The predicted octanol–water partition coefficient (Wildman–Crippen LogP) is 14.0. The number of rotatable bonds is 18. The van der Waals surface area contributed by atoms with Crippen LogP contribution in [-0.2, 0) is 39.3 Å². The molecule has 16 heteroatoms. The number of phosphoric acid groups is 2. The maximum atomic E-state index is 12.3. The fourth-order valence-corrected chi connectivity index (χ4v) is 10.4. The number of aryl methyl sites for hydroxylation is 1. The fraction of sp³-hybridized carbons (Fsp3) is 0.400. The highest BCUT2D eigenvalue weighted by molar-refractivity contribution is 9.11. The van der Waals surface area contributed by atoms with Crippen LogP contribution in [0.5, 0.6) is 0 Å². The van der Waals surface area contributed by atoms with Gasteiger partial charge < -0.3 is 18.9 Å². The molecule has 0 spiro atoms. The molecular weight excluding hydrogens is 1020 g/mol. The number of benzene rings is 4. The lowest BCUT2D eigenvalue weighted by atomic mass is 9.87. The standard InChI is InChI=1S/2C20H24Br2NO4P/c1-3-20(4-2,10-5-11-27-28(24,25)26)23-18-8-6-14(21)12-16(18)17-13-15(22)7-9-19(17)23;1-3-25-28(24,26-4-2)27-12-6-5-11-23-19-9-7-15(21)13-17(19)18-14-16(22)8-10-20(18)23/h6-9,12-13H,3-5,10-11H2,1-2H3,(H2,24,25,26);7-10,13-14H,3-6,11-12H2,1-2H3. The Morgan fingerprint density at radius 3 is 1.39 bits per heavy atom. The summed E-state index contributed by atoms with van der Waals surface area (Å²) in [6, 6.07) is 25.4. The van der Waals surface area contributed by atoms with Gasteiger partial charge in [-0.15, -0.1) is 0 Å². The van der Waals surface area contributed by atoms with Crippen LogP contribution in [0.4, 0.5) is 0 Å². The van der Waals surface area contributed by atoms with E-state index in [9.17, 15) is 9.13 Å². The second-order valence-electron chi connectivity index (χ2n) is 13.3. The Morgan fingerprint density at radius 2 is 0.982 bits per heavy atom. The zero-order valence-corrected chi connectivity index (χ0v) is 40.0. The maximum Gasteiger partial charge on any atom is 0.474 e. The van der Waals surface area contributed by atoms with E-state index in [2.05, 4.69) is 164 Å². The molecule has 304 valence electrons. The third kappa shape index (κ3) is 11.1. The molecule has 6 rings (SSSR count). The minimum absolute atomic E-state index is 0.0419. The molecule has 0 fully saturated rings. The summed E-state index contributed by atoms with van der Waals surface area (Å²) in [5.41, 5.74) is 4.56. The Hall–Kier alpha value is -1.38. The molecular formula is C40H48Br4N2O8P2. The summed E-state index contributed by atoms with van der Waals surface area (Å²) >= 11 is 14.3. The van der Waals surface area contributed by atoms with Gasteiger partial charge in [-0.25, -0.2) is 9.13 Å². The molecule has 0 atom stereocenters. The van der Waals surface area contributed by atoms with E-state index in [4.69, 9.17) is 23.4 Å². The first-order chi connectivity index (χ1) is 26.7. The van der Waals surface area contributed by atoms with Gasteiger partial charge in [0, 0.05) is 73.6 Å². The van der Waals surface area contributed by atoms with E-state index in [-0.39, 0.29) is 12.1 Å². The van der Waals surface area contributed by atoms with Crippen LogP contribution in [-0.4, -0.2) is 45.3 Å². The lowest BCUT2D eigenvalue weighted by molar-refractivity contribution is 0.120. The van der Waals surface area contributed by atoms with Crippen LogP contribution in [0.15, 0.2) is 90.7 Å². The summed E-state index contributed by atoms with van der Waals surface area (Å²) in [4.78, 5) is 17.9. The van der Waals surface area contributed by atoms with Gasteiger partial charge in [-0.3, -0.25) is 18.1 Å². The van der Waals surface area contributed by atoms with Crippen molar-refractivity contribution in [1.29, 1.82) is 0 Å². The van der Waals surface area contributed by atoms with E-state index in [1.807, 2.05) is 0 Å². The van der Waals surface area contributed by atoms with Gasteiger partial charge in [0.05, 0.1) is 26.4 Å². The maximum absolute atomic E-state index is 12.3. The van der Waals surface area contributed by atoms with Crippen LogP contribution in [0.25, 0.3) is 43.6 Å². The quantitative estimate of drug-likeness (QED) is 0.0645. The van der Waals surface area contributed by atoms with E-state index in [1.54, 1.807) is 13.8 Å². The number of halogens is 4. The molecule has 0 saturated carbocycles. The molecule has 0 aliphatic rings. The van der Waals surface area contributed by atoms with Crippen molar-refractivity contribution < 1.29 is 37.0 Å². The number of fused-ring (bicyclic) bond motifs is 6. The minimum atomic E-state index is -4.43. The van der Waals surface area contributed by atoms with Gasteiger partial charge in [-0.2, -0.15) is 0 Å². The van der Waals surface area contributed by atoms with Crippen molar-refractivity contribution in [2.45, 2.75) is 78.3 Å². The van der Waals surface area contributed by atoms with Gasteiger partial charge in [0.2, 0.25) is 0 Å². The van der Waals surface area contributed by atoms with E-state index in [0.717, 1.165) is 67.6 Å². The number of hydrogen-bond acceptors (Lipinski definition) is 6. The Labute approximate surface area is 362 Å². The summed E-state index contributed by atoms with van der Waals surface area (Å²) in [5, 5.41) is 4.81. The van der Waals surface area contributed by atoms with Gasteiger partial charge in [-0.1, -0.05) is 77.6 Å². The first-order valence-electron chi connectivity index (χ1n) is 18.7. The predicted molar refractivity (Wildman–Crippen MR) is 242 cm³/mol. The molecule has 0 bridgehead atoms. The zero-order chi connectivity index (χ0) is 40.7. The molecule has 56 heavy (non-hydrogen) atoms. The third-order valence-corrected chi connectivity index (χ3v) is 14.1. The summed E-state index contributed by atoms with van der Waals surface area (Å²) < 4.78 is 52.7. The largest absolute Gasteiger partial charge is 0.474 e. The Balaban J connectivity index is 0.000000214. The average Bonchev–Trinajstić information content (AvgIpc) is 3.62. The van der Waals surface area contributed by atoms with Crippen LogP contribution < -0.4 is 0 Å². The van der Waals surface area contributed by atoms with Crippen LogP contribution in [0, 0.1) is 0 Å². The van der Waals surface area contributed by atoms with Crippen molar-refractivity contribution in [2.24, 2.45) is 0 Å². The lowest BCUT2D eigenvalue weighted by Gasteiger charge is -2.36. The number of unbranched alkanes of at least 4 members (excludes halogenated alkanes) is 1. The highest BCUT2D eigenvalue weighted by Crippen LogP contribution is 2.49. The molecule has 0 saturated heterocycles. The zero-order valence-electron chi connectivity index (χ0n) is 31.9. The first-order valence-corrected chi connectivity index (χ1v) is 24.8. The lowest BCUT2D eigenvalue weighted by Crippen LogP contribution is -2.32.